The molecule has 1 aromatic heterocycles. The molecular formula is C16H22FN3O2. The van der Waals surface area contributed by atoms with Crippen molar-refractivity contribution in [1.29, 1.82) is 0 Å². The average Bonchev–Trinajstić information content (AvgIpc) is 3.06. The van der Waals surface area contributed by atoms with Crippen LogP contribution in [0.4, 0.5) is 4.39 Å². The molecule has 1 amide bonds. The molecule has 0 atom stereocenters. The molecule has 22 heavy (non-hydrogen) atoms. The first kappa shape index (κ1) is 15.2. The van der Waals surface area contributed by atoms with Crippen molar-refractivity contribution in [3.8, 4) is 5.88 Å². The Hall–Kier alpha value is -1.69. The van der Waals surface area contributed by atoms with Crippen LogP contribution in [-0.2, 0) is 4.79 Å². The van der Waals surface area contributed by atoms with E-state index >= 15 is 0 Å². The second-order valence-electron chi connectivity index (χ2n) is 5.97. The Kier molecular flexibility index (Phi) is 4.87. The van der Waals surface area contributed by atoms with Gasteiger partial charge in [0.15, 0.2) is 5.82 Å². The van der Waals surface area contributed by atoms with Crippen LogP contribution in [0.5, 0.6) is 5.88 Å². The standard InChI is InChI=1S/C16H22FN3O2/c17-14-4-3-7-18-16(14)22-13-5-10-19(11-6-13)12-15(21)20-8-1-2-9-20/h3-4,7,13H,1-2,5-6,8-12H2. The van der Waals surface area contributed by atoms with Gasteiger partial charge < -0.3 is 9.64 Å². The molecule has 5 nitrogen and oxygen atoms in total. The Balaban J connectivity index is 1.44. The van der Waals surface area contributed by atoms with Gasteiger partial charge in [-0.2, -0.15) is 0 Å². The van der Waals surface area contributed by atoms with Gasteiger partial charge in [-0.1, -0.05) is 0 Å². The zero-order valence-corrected chi connectivity index (χ0v) is 12.7. The summed E-state index contributed by atoms with van der Waals surface area (Å²) in [7, 11) is 0. The minimum Gasteiger partial charge on any atom is -0.472 e. The monoisotopic (exact) mass is 307 g/mol. The molecule has 2 aliphatic rings. The highest BCUT2D eigenvalue weighted by molar-refractivity contribution is 5.78. The van der Waals surface area contributed by atoms with Crippen molar-refractivity contribution in [3.63, 3.8) is 0 Å². The van der Waals surface area contributed by atoms with Gasteiger partial charge in [0.05, 0.1) is 6.54 Å². The van der Waals surface area contributed by atoms with Crippen molar-refractivity contribution in [2.75, 3.05) is 32.7 Å². The fourth-order valence-corrected chi connectivity index (χ4v) is 3.06. The number of pyridine rings is 1. The van der Waals surface area contributed by atoms with E-state index in [1.54, 1.807) is 6.07 Å². The van der Waals surface area contributed by atoms with Crippen LogP contribution in [0.1, 0.15) is 25.7 Å². The average molecular weight is 307 g/mol. The Morgan fingerprint density at radius 2 is 2.00 bits per heavy atom. The molecule has 2 aliphatic heterocycles. The lowest BCUT2D eigenvalue weighted by molar-refractivity contribution is -0.131. The van der Waals surface area contributed by atoms with Crippen LogP contribution in [0.25, 0.3) is 0 Å². The van der Waals surface area contributed by atoms with E-state index in [0.717, 1.165) is 51.9 Å². The molecule has 120 valence electrons. The van der Waals surface area contributed by atoms with Crippen LogP contribution in [0.15, 0.2) is 18.3 Å². The lowest BCUT2D eigenvalue weighted by Crippen LogP contribution is -2.44. The third-order valence-electron chi connectivity index (χ3n) is 4.36. The molecule has 1 aromatic rings. The van der Waals surface area contributed by atoms with Crippen LogP contribution in [0.3, 0.4) is 0 Å². The first-order valence-corrected chi connectivity index (χ1v) is 7.99. The Bertz CT molecular complexity index is 512. The summed E-state index contributed by atoms with van der Waals surface area (Å²) in [6.07, 6.45) is 5.34. The highest BCUT2D eigenvalue weighted by Crippen LogP contribution is 2.19. The van der Waals surface area contributed by atoms with Crippen molar-refractivity contribution in [2.24, 2.45) is 0 Å². The van der Waals surface area contributed by atoms with Crippen molar-refractivity contribution in [2.45, 2.75) is 31.8 Å². The van der Waals surface area contributed by atoms with Gasteiger partial charge in [0, 0.05) is 32.4 Å². The van der Waals surface area contributed by atoms with Crippen LogP contribution >= 0.6 is 0 Å². The summed E-state index contributed by atoms with van der Waals surface area (Å²) in [5.74, 6) is -0.115. The fraction of sp³-hybridized carbons (Fsp3) is 0.625. The summed E-state index contributed by atoms with van der Waals surface area (Å²) in [6, 6.07) is 2.90. The maximum atomic E-state index is 13.5. The highest BCUT2D eigenvalue weighted by Gasteiger charge is 2.25. The van der Waals surface area contributed by atoms with E-state index in [2.05, 4.69) is 9.88 Å². The summed E-state index contributed by atoms with van der Waals surface area (Å²) in [5, 5.41) is 0. The zero-order valence-electron chi connectivity index (χ0n) is 12.7. The molecule has 2 saturated heterocycles. The molecule has 2 fully saturated rings. The second-order valence-corrected chi connectivity index (χ2v) is 5.97. The Morgan fingerprint density at radius 1 is 1.27 bits per heavy atom. The lowest BCUT2D eigenvalue weighted by atomic mass is 10.1. The molecule has 0 saturated carbocycles. The summed E-state index contributed by atoms with van der Waals surface area (Å²) < 4.78 is 19.1. The number of piperidine rings is 1. The van der Waals surface area contributed by atoms with E-state index in [9.17, 15) is 9.18 Å². The van der Waals surface area contributed by atoms with Gasteiger partial charge >= 0.3 is 0 Å². The van der Waals surface area contributed by atoms with E-state index in [1.807, 2.05) is 4.90 Å². The van der Waals surface area contributed by atoms with Crippen molar-refractivity contribution in [1.82, 2.24) is 14.8 Å². The SMILES string of the molecule is O=C(CN1CCC(Oc2ncccc2F)CC1)N1CCCC1. The van der Waals surface area contributed by atoms with Gasteiger partial charge in [-0.05, 0) is 37.8 Å². The first-order chi connectivity index (χ1) is 10.7. The molecule has 6 heteroatoms. The number of carbonyl (C=O) groups is 1. The largest absolute Gasteiger partial charge is 0.472 e. The van der Waals surface area contributed by atoms with Crippen LogP contribution in [-0.4, -0.2) is 59.5 Å². The molecule has 0 bridgehead atoms. The zero-order chi connectivity index (χ0) is 15.4. The third-order valence-corrected chi connectivity index (χ3v) is 4.36. The number of likely N-dealkylation sites (tertiary alicyclic amines) is 2. The minimum absolute atomic E-state index is 0.0254. The number of halogens is 1. The number of carbonyl (C=O) groups excluding carboxylic acids is 1. The van der Waals surface area contributed by atoms with E-state index in [1.165, 1.54) is 12.3 Å². The summed E-state index contributed by atoms with van der Waals surface area (Å²) in [6.45, 7) is 3.90. The van der Waals surface area contributed by atoms with E-state index in [-0.39, 0.29) is 17.9 Å². The van der Waals surface area contributed by atoms with Gasteiger partial charge in [0.25, 0.3) is 5.88 Å². The third kappa shape index (κ3) is 3.74. The van der Waals surface area contributed by atoms with Crippen LogP contribution < -0.4 is 4.74 Å². The number of aromatic nitrogens is 1. The smallest absolute Gasteiger partial charge is 0.250 e. The molecule has 0 unspecified atom stereocenters. The van der Waals surface area contributed by atoms with Crippen molar-refractivity contribution < 1.29 is 13.9 Å². The number of ether oxygens (including phenoxy) is 1. The number of amides is 1. The maximum absolute atomic E-state index is 13.5. The predicted molar refractivity (Wildman–Crippen MR) is 80.1 cm³/mol. The van der Waals surface area contributed by atoms with Crippen LogP contribution in [0, 0.1) is 5.82 Å². The lowest BCUT2D eigenvalue weighted by Gasteiger charge is -2.32. The van der Waals surface area contributed by atoms with Crippen molar-refractivity contribution >= 4 is 5.91 Å². The molecule has 0 aliphatic carbocycles. The molecular weight excluding hydrogens is 285 g/mol. The normalized spacial score (nSPS) is 20.3. The predicted octanol–water partition coefficient (Wildman–Crippen LogP) is 1.69. The molecule has 0 spiro atoms. The molecule has 3 rings (SSSR count). The summed E-state index contributed by atoms with van der Waals surface area (Å²) in [4.78, 5) is 20.2. The Morgan fingerprint density at radius 3 is 2.68 bits per heavy atom. The summed E-state index contributed by atoms with van der Waals surface area (Å²) in [5.41, 5.74) is 0. The van der Waals surface area contributed by atoms with Crippen LogP contribution in [0.2, 0.25) is 0 Å². The number of rotatable bonds is 4. The van der Waals surface area contributed by atoms with Gasteiger partial charge in [0.1, 0.15) is 6.10 Å². The highest BCUT2D eigenvalue weighted by atomic mass is 19.1. The fourth-order valence-electron chi connectivity index (χ4n) is 3.06. The Labute approximate surface area is 130 Å². The molecule has 0 radical (unpaired) electrons. The first-order valence-electron chi connectivity index (χ1n) is 7.99. The van der Waals surface area contributed by atoms with Gasteiger partial charge in [0.2, 0.25) is 5.91 Å². The molecule has 0 aromatic carbocycles. The van der Waals surface area contributed by atoms with Crippen molar-refractivity contribution in [3.05, 3.63) is 24.1 Å². The molecule has 3 heterocycles. The van der Waals surface area contributed by atoms with E-state index in [4.69, 9.17) is 4.74 Å². The topological polar surface area (TPSA) is 45.7 Å². The van der Waals surface area contributed by atoms with Gasteiger partial charge in [-0.25, -0.2) is 9.37 Å². The van der Waals surface area contributed by atoms with E-state index < -0.39 is 5.82 Å². The summed E-state index contributed by atoms with van der Waals surface area (Å²) >= 11 is 0. The number of nitrogens with zero attached hydrogens (tertiary/aromatic N) is 3. The number of hydrogen-bond donors (Lipinski definition) is 0. The minimum atomic E-state index is -0.422. The maximum Gasteiger partial charge on any atom is 0.250 e. The number of hydrogen-bond acceptors (Lipinski definition) is 4. The van der Waals surface area contributed by atoms with Gasteiger partial charge in [-0.15, -0.1) is 0 Å². The van der Waals surface area contributed by atoms with E-state index in [0.29, 0.717) is 6.54 Å². The second kappa shape index (κ2) is 7.05. The van der Waals surface area contributed by atoms with Gasteiger partial charge in [-0.3, -0.25) is 9.69 Å². The quantitative estimate of drug-likeness (QED) is 0.849. The molecule has 0 N–H and O–H groups in total.